The quantitative estimate of drug-likeness (QED) is 0.391. The number of carboxylic acid groups (broad SMARTS) is 1. The van der Waals surface area contributed by atoms with E-state index in [9.17, 15) is 14.4 Å². The predicted molar refractivity (Wildman–Crippen MR) is 64.5 cm³/mol. The van der Waals surface area contributed by atoms with Gasteiger partial charge in [-0.2, -0.15) is 0 Å². The van der Waals surface area contributed by atoms with Gasteiger partial charge in [0.15, 0.2) is 0 Å². The van der Waals surface area contributed by atoms with Crippen LogP contribution in [0.5, 0.6) is 0 Å². The summed E-state index contributed by atoms with van der Waals surface area (Å²) in [6.07, 6.45) is 5.54. The van der Waals surface area contributed by atoms with Crippen molar-refractivity contribution in [3.05, 3.63) is 0 Å². The van der Waals surface area contributed by atoms with E-state index in [1.165, 1.54) is 0 Å². The van der Waals surface area contributed by atoms with Gasteiger partial charge in [0.2, 0.25) is 0 Å². The van der Waals surface area contributed by atoms with Gasteiger partial charge in [0.05, 0.1) is 0 Å². The van der Waals surface area contributed by atoms with Crippen LogP contribution in [-0.2, 0) is 14.4 Å². The monoisotopic (exact) mass is 246 g/mol. The molecule has 1 atom stereocenters. The fourth-order valence-electron chi connectivity index (χ4n) is 0.917. The maximum atomic E-state index is 10.1. The zero-order valence-corrected chi connectivity index (χ0v) is 10.0. The van der Waals surface area contributed by atoms with Gasteiger partial charge in [0.25, 0.3) is 0 Å². The largest absolute Gasteiger partial charge is 0.480 e. The van der Waals surface area contributed by atoms with E-state index < -0.39 is 12.0 Å². The van der Waals surface area contributed by atoms with Crippen molar-refractivity contribution in [1.82, 2.24) is 0 Å². The Labute approximate surface area is 101 Å². The molecule has 100 valence electrons. The molecule has 0 bridgehead atoms. The molecule has 5 N–H and O–H groups in total. The van der Waals surface area contributed by atoms with Crippen LogP contribution in [0.25, 0.3) is 0 Å². The minimum absolute atomic E-state index is 0.513. The lowest BCUT2D eigenvalue weighted by Crippen LogP contribution is -2.29. The van der Waals surface area contributed by atoms with E-state index in [0.717, 1.165) is 25.4 Å². The molecule has 0 aromatic carbocycles. The summed E-state index contributed by atoms with van der Waals surface area (Å²) in [7, 11) is 0. The number of unbranched alkanes of at least 4 members (excludes halogenated alkanes) is 3. The molecular formula is C11H22N2O4. The Kier molecular flexibility index (Phi) is 15.7. The van der Waals surface area contributed by atoms with E-state index in [4.69, 9.17) is 16.6 Å². The van der Waals surface area contributed by atoms with Crippen molar-refractivity contribution in [2.24, 2.45) is 11.5 Å². The predicted octanol–water partition coefficient (Wildman–Crippen LogP) is 0.0818. The fraction of sp³-hybridized carbons (Fsp3) is 0.727. The Bertz CT molecular complexity index is 202. The number of carbonyl (C=O) groups excluding carboxylic acids is 2. The molecule has 0 aromatic rings. The first kappa shape index (κ1) is 18.1. The van der Waals surface area contributed by atoms with Crippen molar-refractivity contribution in [2.75, 3.05) is 6.54 Å². The number of nitrogens with two attached hydrogens (primary N) is 2. The van der Waals surface area contributed by atoms with Crippen molar-refractivity contribution in [1.29, 1.82) is 0 Å². The van der Waals surface area contributed by atoms with Crippen LogP contribution < -0.4 is 11.5 Å². The second kappa shape index (κ2) is 14.7. The van der Waals surface area contributed by atoms with Crippen LogP contribution in [0.4, 0.5) is 0 Å². The molecule has 0 aliphatic carbocycles. The van der Waals surface area contributed by atoms with E-state index in [-0.39, 0.29) is 0 Å². The highest BCUT2D eigenvalue weighted by Gasteiger charge is 2.09. The van der Waals surface area contributed by atoms with Crippen LogP contribution in [0.3, 0.4) is 0 Å². The minimum atomic E-state index is -0.933. The molecule has 0 saturated carbocycles. The van der Waals surface area contributed by atoms with E-state index in [1.54, 1.807) is 0 Å². The average Bonchev–Trinajstić information content (AvgIpc) is 2.30. The van der Waals surface area contributed by atoms with Gasteiger partial charge >= 0.3 is 5.97 Å². The standard InChI is InChI=1S/C6H14N2O2.C5H8O2/c7-4-2-1-3-5(8)6(9)10;6-4-2-1-3-5-7/h5H,1-4,7-8H2,(H,9,10);4-5H,1-3H2/t5-;/m0./s1. The SMILES string of the molecule is NCCCC[C@H](N)C(=O)O.O=CCCCC=O. The zero-order chi connectivity index (χ0) is 13.5. The molecule has 0 heterocycles. The number of aliphatic carboxylic acids is 1. The minimum Gasteiger partial charge on any atom is -0.480 e. The van der Waals surface area contributed by atoms with E-state index in [0.29, 0.717) is 32.2 Å². The molecule has 0 saturated heterocycles. The van der Waals surface area contributed by atoms with Gasteiger partial charge in [-0.15, -0.1) is 0 Å². The summed E-state index contributed by atoms with van der Waals surface area (Å²) in [6, 6.07) is -0.716. The van der Waals surface area contributed by atoms with Gasteiger partial charge in [-0.1, -0.05) is 6.42 Å². The maximum Gasteiger partial charge on any atom is 0.320 e. The topological polar surface area (TPSA) is 123 Å². The number of rotatable bonds is 9. The fourth-order valence-corrected chi connectivity index (χ4v) is 0.917. The van der Waals surface area contributed by atoms with Crippen molar-refractivity contribution >= 4 is 18.5 Å². The summed E-state index contributed by atoms with van der Waals surface area (Å²) in [5, 5.41) is 8.33. The molecular weight excluding hydrogens is 224 g/mol. The first-order valence-electron chi connectivity index (χ1n) is 5.65. The highest BCUT2D eigenvalue weighted by Crippen LogP contribution is 1.96. The molecule has 0 spiro atoms. The highest BCUT2D eigenvalue weighted by atomic mass is 16.4. The summed E-state index contributed by atoms with van der Waals surface area (Å²) in [5.74, 6) is -0.933. The summed E-state index contributed by atoms with van der Waals surface area (Å²) in [6.45, 7) is 0.604. The van der Waals surface area contributed by atoms with Crippen LogP contribution >= 0.6 is 0 Å². The lowest BCUT2D eigenvalue weighted by atomic mass is 10.1. The Morgan fingerprint density at radius 1 is 1.12 bits per heavy atom. The van der Waals surface area contributed by atoms with Crippen molar-refractivity contribution in [2.45, 2.75) is 44.6 Å². The Morgan fingerprint density at radius 2 is 1.65 bits per heavy atom. The van der Waals surface area contributed by atoms with Crippen LogP contribution in [0.15, 0.2) is 0 Å². The van der Waals surface area contributed by atoms with E-state index in [2.05, 4.69) is 0 Å². The summed E-state index contributed by atoms with van der Waals surface area (Å²) in [4.78, 5) is 29.3. The molecule has 0 unspecified atom stereocenters. The molecule has 0 aromatic heterocycles. The van der Waals surface area contributed by atoms with Gasteiger partial charge in [0, 0.05) is 12.8 Å². The number of hydrogen-bond donors (Lipinski definition) is 3. The molecule has 6 heteroatoms. The van der Waals surface area contributed by atoms with Gasteiger partial charge in [-0.05, 0) is 25.8 Å². The van der Waals surface area contributed by atoms with Gasteiger partial charge in [0.1, 0.15) is 18.6 Å². The number of carbonyl (C=O) groups is 3. The molecule has 6 nitrogen and oxygen atoms in total. The van der Waals surface area contributed by atoms with Crippen molar-refractivity contribution < 1.29 is 19.5 Å². The maximum absolute atomic E-state index is 10.1. The molecule has 0 fully saturated rings. The van der Waals surface area contributed by atoms with Crippen molar-refractivity contribution in [3.8, 4) is 0 Å². The molecule has 0 aliphatic heterocycles. The van der Waals surface area contributed by atoms with Crippen LogP contribution in [-0.4, -0.2) is 36.2 Å². The van der Waals surface area contributed by atoms with Crippen LogP contribution in [0.1, 0.15) is 38.5 Å². The van der Waals surface area contributed by atoms with Crippen LogP contribution in [0, 0.1) is 0 Å². The van der Waals surface area contributed by atoms with Gasteiger partial charge in [-0.25, -0.2) is 0 Å². The number of hydrogen-bond acceptors (Lipinski definition) is 5. The molecule has 0 rings (SSSR count). The molecule has 0 aliphatic rings. The molecule has 17 heavy (non-hydrogen) atoms. The first-order valence-corrected chi connectivity index (χ1v) is 5.65. The normalized spacial score (nSPS) is 10.9. The Balaban J connectivity index is 0. The third-order valence-corrected chi connectivity index (χ3v) is 1.93. The second-order valence-corrected chi connectivity index (χ2v) is 3.49. The zero-order valence-electron chi connectivity index (χ0n) is 10.0. The van der Waals surface area contributed by atoms with E-state index in [1.807, 2.05) is 0 Å². The Morgan fingerprint density at radius 3 is 2.00 bits per heavy atom. The smallest absolute Gasteiger partial charge is 0.320 e. The first-order chi connectivity index (χ1) is 8.09. The van der Waals surface area contributed by atoms with Crippen LogP contribution in [0.2, 0.25) is 0 Å². The molecule has 0 radical (unpaired) electrons. The highest BCUT2D eigenvalue weighted by molar-refractivity contribution is 5.72. The lowest BCUT2D eigenvalue weighted by molar-refractivity contribution is -0.138. The third-order valence-electron chi connectivity index (χ3n) is 1.93. The van der Waals surface area contributed by atoms with E-state index >= 15 is 0 Å². The summed E-state index contributed by atoms with van der Waals surface area (Å²) in [5.41, 5.74) is 10.4. The third kappa shape index (κ3) is 17.3. The Hall–Kier alpha value is -1.27. The average molecular weight is 246 g/mol. The van der Waals surface area contributed by atoms with Crippen molar-refractivity contribution in [3.63, 3.8) is 0 Å². The molecule has 0 amide bonds. The summed E-state index contributed by atoms with van der Waals surface area (Å²) >= 11 is 0. The second-order valence-electron chi connectivity index (χ2n) is 3.49. The summed E-state index contributed by atoms with van der Waals surface area (Å²) < 4.78 is 0. The van der Waals surface area contributed by atoms with Gasteiger partial charge in [-0.3, -0.25) is 4.79 Å². The lowest BCUT2D eigenvalue weighted by Gasteiger charge is -2.03. The van der Waals surface area contributed by atoms with Gasteiger partial charge < -0.3 is 26.2 Å². The number of carboxylic acids is 1. The number of aldehydes is 2.